The highest BCUT2D eigenvalue weighted by Gasteiger charge is 2.35. The smallest absolute Gasteiger partial charge is 0.346 e. The monoisotopic (exact) mass is 474 g/mol. The molecular weight excluding hydrogens is 454 g/mol. The van der Waals surface area contributed by atoms with E-state index in [1.807, 2.05) is 9.80 Å². The van der Waals surface area contributed by atoms with Crippen molar-refractivity contribution in [1.82, 2.24) is 20.6 Å². The Balaban J connectivity index is 0.000000171. The number of hydrogen-bond acceptors (Lipinski definition) is 8. The number of piperazine rings is 2. The van der Waals surface area contributed by atoms with Crippen LogP contribution in [-0.4, -0.2) is 62.3 Å². The van der Waals surface area contributed by atoms with Crippen molar-refractivity contribution in [2.45, 2.75) is 12.4 Å². The second-order valence-corrected chi connectivity index (χ2v) is 8.17. The van der Waals surface area contributed by atoms with Gasteiger partial charge in [-0.25, -0.2) is 9.97 Å². The fourth-order valence-corrected chi connectivity index (χ4v) is 4.56. The zero-order chi connectivity index (χ0) is 21.8. The van der Waals surface area contributed by atoms with Crippen molar-refractivity contribution in [1.29, 1.82) is 0 Å². The van der Waals surface area contributed by atoms with Gasteiger partial charge in [-0.05, 0) is 0 Å². The second-order valence-electron chi connectivity index (χ2n) is 6.50. The van der Waals surface area contributed by atoms with Crippen LogP contribution in [0.5, 0.6) is 0 Å². The molecule has 0 spiro atoms. The van der Waals surface area contributed by atoms with Crippen molar-refractivity contribution in [3.05, 3.63) is 22.1 Å². The van der Waals surface area contributed by atoms with Crippen LogP contribution in [0.1, 0.15) is 11.4 Å². The lowest BCUT2D eigenvalue weighted by Gasteiger charge is -2.26. The summed E-state index contributed by atoms with van der Waals surface area (Å²) in [5.74, 6) is 0. The van der Waals surface area contributed by atoms with Gasteiger partial charge in [-0.2, -0.15) is 26.3 Å². The van der Waals surface area contributed by atoms with Gasteiger partial charge in [0, 0.05) is 63.1 Å². The first-order valence-corrected chi connectivity index (χ1v) is 10.9. The molecule has 0 atom stereocenters. The Morgan fingerprint density at radius 3 is 1.27 bits per heavy atom. The Kier molecular flexibility index (Phi) is 7.42. The SMILES string of the molecule is FC(F)(F)c1csc(N2CCNCC2)n1.FC(F)(F)c1csc(N2CCNCC2)n1. The molecule has 6 nitrogen and oxygen atoms in total. The molecule has 2 aromatic rings. The van der Waals surface area contributed by atoms with Gasteiger partial charge in [0.05, 0.1) is 0 Å². The van der Waals surface area contributed by atoms with E-state index in [1.54, 1.807) is 0 Å². The third-order valence-electron chi connectivity index (χ3n) is 4.34. The number of alkyl halides is 6. The maximum absolute atomic E-state index is 12.3. The molecule has 0 unspecified atom stereocenters. The highest BCUT2D eigenvalue weighted by atomic mass is 32.1. The molecule has 2 aliphatic heterocycles. The number of nitrogens with zero attached hydrogens (tertiary/aromatic N) is 4. The van der Waals surface area contributed by atoms with E-state index < -0.39 is 23.7 Å². The average Bonchev–Trinajstić information content (AvgIpc) is 3.40. The first-order valence-electron chi connectivity index (χ1n) is 9.11. The molecule has 0 bridgehead atoms. The van der Waals surface area contributed by atoms with Crippen LogP contribution in [0.3, 0.4) is 0 Å². The fourth-order valence-electron chi connectivity index (χ4n) is 2.79. The summed E-state index contributed by atoms with van der Waals surface area (Å²) < 4.78 is 73.7. The average molecular weight is 475 g/mol. The number of halogens is 6. The van der Waals surface area contributed by atoms with E-state index in [1.165, 1.54) is 0 Å². The largest absolute Gasteiger partial charge is 0.434 e. The van der Waals surface area contributed by atoms with Gasteiger partial charge in [-0.15, -0.1) is 22.7 Å². The van der Waals surface area contributed by atoms with E-state index in [2.05, 4.69) is 20.6 Å². The number of anilines is 2. The van der Waals surface area contributed by atoms with E-state index >= 15 is 0 Å². The predicted octanol–water partition coefficient (Wildman–Crippen LogP) is 3.14. The molecule has 0 saturated carbocycles. The van der Waals surface area contributed by atoms with E-state index in [-0.39, 0.29) is 0 Å². The van der Waals surface area contributed by atoms with Crippen LogP contribution in [0.15, 0.2) is 10.8 Å². The third kappa shape index (κ3) is 6.18. The Morgan fingerprint density at radius 2 is 1.00 bits per heavy atom. The number of nitrogens with one attached hydrogen (secondary N) is 2. The molecule has 4 heterocycles. The van der Waals surface area contributed by atoms with Gasteiger partial charge in [0.1, 0.15) is 0 Å². The van der Waals surface area contributed by atoms with E-state index in [9.17, 15) is 26.3 Å². The minimum Gasteiger partial charge on any atom is -0.346 e. The molecule has 14 heteroatoms. The Labute approximate surface area is 176 Å². The maximum atomic E-state index is 12.3. The van der Waals surface area contributed by atoms with Crippen molar-refractivity contribution >= 4 is 32.9 Å². The first-order chi connectivity index (χ1) is 14.1. The van der Waals surface area contributed by atoms with Gasteiger partial charge < -0.3 is 20.4 Å². The molecule has 2 fully saturated rings. The molecule has 30 heavy (non-hydrogen) atoms. The van der Waals surface area contributed by atoms with Crippen LogP contribution >= 0.6 is 22.7 Å². The number of aromatic nitrogens is 2. The zero-order valence-electron chi connectivity index (χ0n) is 15.7. The molecule has 168 valence electrons. The lowest BCUT2D eigenvalue weighted by atomic mass is 10.4. The summed E-state index contributed by atoms with van der Waals surface area (Å²) >= 11 is 2.10. The summed E-state index contributed by atoms with van der Waals surface area (Å²) in [5.41, 5.74) is -1.58. The summed E-state index contributed by atoms with van der Waals surface area (Å²) in [6.45, 7) is 6.02. The van der Waals surface area contributed by atoms with Crippen LogP contribution < -0.4 is 20.4 Å². The number of thiazole rings is 2. The van der Waals surface area contributed by atoms with Crippen LogP contribution in [0.25, 0.3) is 0 Å². The minimum absolute atomic E-state index is 0.462. The quantitative estimate of drug-likeness (QED) is 0.653. The Bertz CT molecular complexity index is 726. The Hall–Kier alpha value is -1.64. The molecule has 2 aliphatic rings. The molecule has 0 aliphatic carbocycles. The second kappa shape index (κ2) is 9.66. The van der Waals surface area contributed by atoms with Gasteiger partial charge in [-0.3, -0.25) is 0 Å². The van der Waals surface area contributed by atoms with Crippen LogP contribution in [0.2, 0.25) is 0 Å². The number of hydrogen-bond donors (Lipinski definition) is 2. The summed E-state index contributed by atoms with van der Waals surface area (Å²) in [6.07, 6.45) is -8.66. The molecule has 0 aromatic carbocycles. The Morgan fingerprint density at radius 1 is 0.667 bits per heavy atom. The normalized spacial score (nSPS) is 18.2. The van der Waals surface area contributed by atoms with Crippen molar-refractivity contribution in [2.24, 2.45) is 0 Å². The maximum Gasteiger partial charge on any atom is 0.434 e. The van der Waals surface area contributed by atoms with Crippen LogP contribution in [0.4, 0.5) is 36.6 Å². The minimum atomic E-state index is -4.33. The van der Waals surface area contributed by atoms with Crippen molar-refractivity contribution < 1.29 is 26.3 Å². The van der Waals surface area contributed by atoms with Gasteiger partial charge >= 0.3 is 12.4 Å². The van der Waals surface area contributed by atoms with E-state index in [0.717, 1.165) is 59.6 Å². The molecular formula is C16H20F6N6S2. The molecule has 2 aromatic heterocycles. The summed E-state index contributed by atoms with van der Waals surface area (Å²) in [4.78, 5) is 10.9. The zero-order valence-corrected chi connectivity index (χ0v) is 17.3. The summed E-state index contributed by atoms with van der Waals surface area (Å²) in [5, 5.41) is 9.33. The molecule has 2 N–H and O–H groups in total. The molecule has 4 rings (SSSR count). The lowest BCUT2D eigenvalue weighted by Crippen LogP contribution is -2.43. The van der Waals surface area contributed by atoms with E-state index in [0.29, 0.717) is 36.4 Å². The highest BCUT2D eigenvalue weighted by molar-refractivity contribution is 7.14. The van der Waals surface area contributed by atoms with Gasteiger partial charge in [0.25, 0.3) is 0 Å². The fraction of sp³-hybridized carbons (Fsp3) is 0.625. The predicted molar refractivity (Wildman–Crippen MR) is 104 cm³/mol. The number of rotatable bonds is 2. The molecule has 0 radical (unpaired) electrons. The highest BCUT2D eigenvalue weighted by Crippen LogP contribution is 2.33. The van der Waals surface area contributed by atoms with Gasteiger partial charge in [-0.1, -0.05) is 0 Å². The van der Waals surface area contributed by atoms with Gasteiger partial charge in [0.15, 0.2) is 21.7 Å². The molecule has 2 saturated heterocycles. The third-order valence-corrected chi connectivity index (χ3v) is 6.14. The molecule has 0 amide bonds. The summed E-state index contributed by atoms with van der Waals surface area (Å²) in [6, 6.07) is 0. The first kappa shape index (κ1) is 23.0. The standard InChI is InChI=1S/2C8H10F3N3S/c2*9-8(10,11)6-5-15-7(13-6)14-3-1-12-2-4-14/h2*5,12H,1-4H2. The van der Waals surface area contributed by atoms with Gasteiger partial charge in [0.2, 0.25) is 0 Å². The van der Waals surface area contributed by atoms with Crippen LogP contribution in [-0.2, 0) is 12.4 Å². The van der Waals surface area contributed by atoms with Crippen molar-refractivity contribution in [2.75, 3.05) is 62.2 Å². The van der Waals surface area contributed by atoms with Crippen molar-refractivity contribution in [3.8, 4) is 0 Å². The van der Waals surface area contributed by atoms with Crippen LogP contribution in [0, 0.1) is 0 Å². The van der Waals surface area contributed by atoms with Crippen molar-refractivity contribution in [3.63, 3.8) is 0 Å². The topological polar surface area (TPSA) is 56.3 Å². The van der Waals surface area contributed by atoms with E-state index in [4.69, 9.17) is 0 Å². The summed E-state index contributed by atoms with van der Waals surface area (Å²) in [7, 11) is 0. The lowest BCUT2D eigenvalue weighted by molar-refractivity contribution is -0.141.